The van der Waals surface area contributed by atoms with E-state index >= 15 is 0 Å². The summed E-state index contributed by atoms with van der Waals surface area (Å²) in [5, 5.41) is 13.9. The Bertz CT molecular complexity index is 1710. The van der Waals surface area contributed by atoms with Crippen LogP contribution in [0.3, 0.4) is 0 Å². The van der Waals surface area contributed by atoms with Gasteiger partial charge in [0.2, 0.25) is 0 Å². The van der Waals surface area contributed by atoms with Gasteiger partial charge in [-0.05, 0) is 52.9 Å². The van der Waals surface area contributed by atoms with Crippen molar-refractivity contribution in [2.75, 3.05) is 0 Å². The Morgan fingerprint density at radius 1 is 1.02 bits per heavy atom. The Morgan fingerprint density at radius 3 is 2.46 bits per heavy atom. The summed E-state index contributed by atoms with van der Waals surface area (Å²) in [5.74, 6) is 0.873. The summed E-state index contributed by atoms with van der Waals surface area (Å²) < 4.78 is 6.30. The maximum atomic E-state index is 11.0. The molecule has 215 valence electrons. The minimum absolute atomic E-state index is 0. The van der Waals surface area contributed by atoms with Crippen molar-refractivity contribution in [3.63, 3.8) is 0 Å². The number of ketones is 1. The fourth-order valence-electron chi connectivity index (χ4n) is 5.49. The Balaban J connectivity index is 0.000000279. The summed E-state index contributed by atoms with van der Waals surface area (Å²) in [5.41, 5.74) is 6.33. The van der Waals surface area contributed by atoms with Crippen LogP contribution >= 0.6 is 0 Å². The Hall–Kier alpha value is -3.27. The third-order valence-corrected chi connectivity index (χ3v) is 7.95. The number of aliphatic hydroxyl groups is 1. The minimum atomic E-state index is -0.0316. The van der Waals surface area contributed by atoms with Gasteiger partial charge in [-0.25, -0.2) is 0 Å². The van der Waals surface area contributed by atoms with E-state index in [1.165, 1.54) is 48.3 Å². The number of fused-ring (bicyclic) bond motifs is 4. The van der Waals surface area contributed by atoms with Crippen LogP contribution in [0.5, 0.6) is 0 Å². The molecule has 1 aliphatic rings. The summed E-state index contributed by atoms with van der Waals surface area (Å²) in [6.45, 7) is 9.44. The topological polar surface area (TPSA) is 63.3 Å². The molecule has 0 atom stereocenters. The molecule has 0 unspecified atom stereocenters. The number of aromatic nitrogens is 1. The predicted octanol–water partition coefficient (Wildman–Crippen LogP) is 9.87. The zero-order chi connectivity index (χ0) is 28.4. The molecule has 5 aromatic rings. The Labute approximate surface area is 256 Å². The molecule has 0 saturated heterocycles. The first-order valence-electron chi connectivity index (χ1n) is 14.4. The summed E-state index contributed by atoms with van der Waals surface area (Å²) in [4.78, 5) is 15.8. The van der Waals surface area contributed by atoms with Crippen LogP contribution in [0, 0.1) is 24.8 Å². The summed E-state index contributed by atoms with van der Waals surface area (Å²) in [7, 11) is 0. The van der Waals surface area contributed by atoms with Crippen molar-refractivity contribution in [2.45, 2.75) is 66.2 Å². The summed E-state index contributed by atoms with van der Waals surface area (Å²) in [6.07, 6.45) is 8.57. The molecule has 2 aromatic heterocycles. The molecule has 4 nitrogen and oxygen atoms in total. The Morgan fingerprint density at radius 2 is 1.76 bits per heavy atom. The number of hydrogen-bond acceptors (Lipinski definition) is 4. The van der Waals surface area contributed by atoms with Gasteiger partial charge in [0.25, 0.3) is 0 Å². The van der Waals surface area contributed by atoms with Crippen LogP contribution in [0.25, 0.3) is 44.0 Å². The van der Waals surface area contributed by atoms with Crippen LogP contribution in [0.4, 0.5) is 0 Å². The van der Waals surface area contributed by atoms with Crippen molar-refractivity contribution in [3.05, 3.63) is 89.8 Å². The van der Waals surface area contributed by atoms with Crippen LogP contribution in [0.1, 0.15) is 70.4 Å². The van der Waals surface area contributed by atoms with Crippen molar-refractivity contribution < 1.29 is 34.4 Å². The van der Waals surface area contributed by atoms with E-state index in [-0.39, 0.29) is 43.5 Å². The molecule has 0 bridgehead atoms. The fourth-order valence-corrected chi connectivity index (χ4v) is 5.49. The van der Waals surface area contributed by atoms with Crippen molar-refractivity contribution in [1.82, 2.24) is 4.98 Å². The normalized spacial score (nSPS) is 14.1. The second kappa shape index (κ2) is 13.1. The molecule has 0 aliphatic heterocycles. The molecule has 1 aliphatic carbocycles. The summed E-state index contributed by atoms with van der Waals surface area (Å²) in [6, 6.07) is 22.8. The SMILES string of the molecule is CC(C)C(=O)/C=C(\O)C(C)C.Cc1c[c-]c(-c2nccc3cc(C4CCCC4)ccc23)c2oc3ccccc3c12.[Ir]. The molecule has 3 aromatic carbocycles. The molecule has 1 saturated carbocycles. The van der Waals surface area contributed by atoms with E-state index in [1.807, 2.05) is 46.0 Å². The van der Waals surface area contributed by atoms with Gasteiger partial charge in [0.1, 0.15) is 5.58 Å². The van der Waals surface area contributed by atoms with Gasteiger partial charge in [-0.15, -0.1) is 17.7 Å². The van der Waals surface area contributed by atoms with E-state index in [2.05, 4.69) is 55.5 Å². The standard InChI is InChI=1S/C27H22NO.C9H16O2.Ir/c1-17-10-12-23(27-25(17)22-8-4-5-9-24(22)29-27)26-21-13-11-19(18-6-2-3-7-18)16-20(21)14-15-28-26;1-6(2)8(10)5-9(11)7(3)4;/h4-5,8-11,13-16,18H,2-3,6-7H2,1H3;5-7,10H,1-4H3;/q-1;;/b;8-5-;. The first-order chi connectivity index (χ1) is 19.2. The number of nitrogens with zero attached hydrogens (tertiary/aromatic N) is 1. The van der Waals surface area contributed by atoms with E-state index < -0.39 is 0 Å². The van der Waals surface area contributed by atoms with Gasteiger partial charge in [0.15, 0.2) is 5.78 Å². The average molecular weight is 725 g/mol. The number of benzene rings is 3. The van der Waals surface area contributed by atoms with Gasteiger partial charge in [-0.2, -0.15) is 0 Å². The number of rotatable bonds is 5. The van der Waals surface area contributed by atoms with Crippen molar-refractivity contribution in [1.29, 1.82) is 0 Å². The van der Waals surface area contributed by atoms with Crippen LogP contribution < -0.4 is 0 Å². The first kappa shape index (κ1) is 30.7. The van der Waals surface area contributed by atoms with Gasteiger partial charge in [0, 0.05) is 49.6 Å². The zero-order valence-corrected chi connectivity index (χ0v) is 26.9. The number of aliphatic hydroxyl groups excluding tert-OH is 1. The fraction of sp³-hybridized carbons (Fsp3) is 0.333. The van der Waals surface area contributed by atoms with Crippen LogP contribution in [-0.2, 0) is 24.9 Å². The number of aryl methyl sites for hydroxylation is 1. The maximum Gasteiger partial charge on any atom is 0.161 e. The van der Waals surface area contributed by atoms with E-state index in [4.69, 9.17) is 9.40 Å². The van der Waals surface area contributed by atoms with E-state index in [0.29, 0.717) is 5.92 Å². The second-order valence-corrected chi connectivity index (χ2v) is 11.6. The van der Waals surface area contributed by atoms with E-state index in [0.717, 1.165) is 38.6 Å². The van der Waals surface area contributed by atoms with E-state index in [9.17, 15) is 9.90 Å². The van der Waals surface area contributed by atoms with Crippen LogP contribution in [0.15, 0.2) is 77.0 Å². The van der Waals surface area contributed by atoms with Crippen LogP contribution in [-0.4, -0.2) is 15.9 Å². The molecule has 1 radical (unpaired) electrons. The predicted molar refractivity (Wildman–Crippen MR) is 165 cm³/mol. The average Bonchev–Trinajstić information content (AvgIpc) is 3.62. The van der Waals surface area contributed by atoms with Crippen molar-refractivity contribution in [3.8, 4) is 11.3 Å². The van der Waals surface area contributed by atoms with Crippen LogP contribution in [0.2, 0.25) is 0 Å². The number of furan rings is 1. The number of pyridine rings is 1. The number of carbonyl (C=O) groups excluding carboxylic acids is 1. The quantitative estimate of drug-likeness (QED) is 0.111. The van der Waals surface area contributed by atoms with Gasteiger partial charge in [-0.3, -0.25) is 4.79 Å². The number of carbonyl (C=O) groups is 1. The van der Waals surface area contributed by atoms with Crippen molar-refractivity contribution in [2.24, 2.45) is 11.8 Å². The molecule has 0 amide bonds. The largest absolute Gasteiger partial charge is 0.512 e. The molecule has 1 N–H and O–H groups in total. The molecular weight excluding hydrogens is 687 g/mol. The van der Waals surface area contributed by atoms with Gasteiger partial charge in [0.05, 0.1) is 11.3 Å². The molecular formula is C36H38IrNO3-. The summed E-state index contributed by atoms with van der Waals surface area (Å²) >= 11 is 0. The Kier molecular flexibility index (Phi) is 9.84. The third kappa shape index (κ3) is 6.47. The maximum absolute atomic E-state index is 11.0. The molecule has 6 rings (SSSR count). The van der Waals surface area contributed by atoms with E-state index in [1.54, 1.807) is 0 Å². The zero-order valence-electron chi connectivity index (χ0n) is 24.5. The van der Waals surface area contributed by atoms with Gasteiger partial charge >= 0.3 is 0 Å². The molecule has 5 heteroatoms. The monoisotopic (exact) mass is 725 g/mol. The minimum Gasteiger partial charge on any atom is -0.512 e. The third-order valence-electron chi connectivity index (χ3n) is 7.95. The number of hydrogen-bond donors (Lipinski definition) is 1. The molecule has 41 heavy (non-hydrogen) atoms. The molecule has 2 heterocycles. The number of para-hydroxylation sites is 1. The number of allylic oxidation sites excluding steroid dienone is 2. The molecule has 0 spiro atoms. The first-order valence-corrected chi connectivity index (χ1v) is 14.4. The van der Waals surface area contributed by atoms with Gasteiger partial charge < -0.3 is 14.5 Å². The smallest absolute Gasteiger partial charge is 0.161 e. The second-order valence-electron chi connectivity index (χ2n) is 11.6. The van der Waals surface area contributed by atoms with Crippen molar-refractivity contribution >= 4 is 38.5 Å². The van der Waals surface area contributed by atoms with Gasteiger partial charge in [-0.1, -0.05) is 94.8 Å². The molecule has 1 fully saturated rings.